The second kappa shape index (κ2) is 4.05. The van der Waals surface area contributed by atoms with Gasteiger partial charge in [-0.25, -0.2) is 9.59 Å². The minimum atomic E-state index is -1.28. The molecule has 96 valence electrons. The number of hydrogen-bond donors (Lipinski definition) is 1. The third-order valence-corrected chi connectivity index (χ3v) is 2.07. The highest BCUT2D eigenvalue weighted by Crippen LogP contribution is 2.29. The Labute approximate surface area is 100 Å². The summed E-state index contributed by atoms with van der Waals surface area (Å²) in [6.07, 6.45) is 0.201. The van der Waals surface area contributed by atoms with Crippen LogP contribution in [0.25, 0.3) is 0 Å². The first-order valence-electron chi connectivity index (χ1n) is 5.41. The van der Waals surface area contributed by atoms with Gasteiger partial charge in [-0.1, -0.05) is 20.8 Å². The molecule has 17 heavy (non-hydrogen) atoms. The average molecular weight is 242 g/mol. The second-order valence-corrected chi connectivity index (χ2v) is 5.74. The first kappa shape index (κ1) is 13.5. The van der Waals surface area contributed by atoms with Gasteiger partial charge in [0.2, 0.25) is 0 Å². The minimum absolute atomic E-state index is 0.201. The number of allylic oxidation sites excluding steroid dienone is 1. The van der Waals surface area contributed by atoms with E-state index in [2.05, 4.69) is 0 Å². The van der Waals surface area contributed by atoms with Crippen LogP contribution in [0.1, 0.15) is 41.0 Å². The average Bonchev–Trinajstić information content (AvgIpc) is 1.94. The van der Waals surface area contributed by atoms with Crippen LogP contribution in [0.4, 0.5) is 0 Å². The summed E-state index contributed by atoms with van der Waals surface area (Å²) in [6.45, 7) is 8.56. The van der Waals surface area contributed by atoms with E-state index in [4.69, 9.17) is 9.47 Å². The number of hydrogen-bond acceptors (Lipinski definition) is 5. The van der Waals surface area contributed by atoms with Crippen molar-refractivity contribution in [3.8, 4) is 0 Å². The Morgan fingerprint density at radius 3 is 1.94 bits per heavy atom. The van der Waals surface area contributed by atoms with Crippen LogP contribution in [0, 0.1) is 5.41 Å². The van der Waals surface area contributed by atoms with E-state index in [1.54, 1.807) is 0 Å². The summed E-state index contributed by atoms with van der Waals surface area (Å²) in [7, 11) is 0. The van der Waals surface area contributed by atoms with Gasteiger partial charge in [0.1, 0.15) is 5.76 Å². The van der Waals surface area contributed by atoms with Crippen LogP contribution in [-0.2, 0) is 19.1 Å². The molecule has 0 spiro atoms. The van der Waals surface area contributed by atoms with Crippen LogP contribution < -0.4 is 0 Å². The van der Waals surface area contributed by atoms with Gasteiger partial charge in [-0.2, -0.15) is 0 Å². The SMILES string of the molecule is CC(C)(C)CC(O)=C1C(=O)OC(C)(C)OC1=O. The summed E-state index contributed by atoms with van der Waals surface area (Å²) < 4.78 is 9.78. The number of aliphatic hydroxyl groups excluding tert-OH is 1. The predicted molar refractivity (Wildman–Crippen MR) is 60.0 cm³/mol. The topological polar surface area (TPSA) is 72.8 Å². The van der Waals surface area contributed by atoms with Gasteiger partial charge in [0.25, 0.3) is 5.79 Å². The molecule has 1 rings (SSSR count). The molecule has 0 aromatic rings. The molecule has 1 heterocycles. The number of esters is 2. The van der Waals surface area contributed by atoms with Crippen molar-refractivity contribution in [3.63, 3.8) is 0 Å². The molecule has 0 aliphatic carbocycles. The summed E-state index contributed by atoms with van der Waals surface area (Å²) >= 11 is 0. The Bertz CT molecular complexity index is 362. The van der Waals surface area contributed by atoms with Crippen molar-refractivity contribution >= 4 is 11.9 Å². The Morgan fingerprint density at radius 2 is 1.59 bits per heavy atom. The monoisotopic (exact) mass is 242 g/mol. The maximum absolute atomic E-state index is 11.6. The fourth-order valence-corrected chi connectivity index (χ4v) is 1.48. The van der Waals surface area contributed by atoms with Gasteiger partial charge in [-0.15, -0.1) is 0 Å². The van der Waals surface area contributed by atoms with Crippen LogP contribution in [0.5, 0.6) is 0 Å². The molecule has 0 aromatic carbocycles. The molecule has 0 atom stereocenters. The summed E-state index contributed by atoms with van der Waals surface area (Å²) in [5.74, 6) is -3.25. The Kier molecular flexibility index (Phi) is 3.23. The fourth-order valence-electron chi connectivity index (χ4n) is 1.48. The van der Waals surface area contributed by atoms with Gasteiger partial charge in [-0.05, 0) is 5.41 Å². The number of ether oxygens (including phenoxy) is 2. The van der Waals surface area contributed by atoms with Gasteiger partial charge in [0, 0.05) is 20.3 Å². The van der Waals surface area contributed by atoms with Gasteiger partial charge in [-0.3, -0.25) is 0 Å². The molecule has 1 fully saturated rings. The van der Waals surface area contributed by atoms with Crippen molar-refractivity contribution in [2.75, 3.05) is 0 Å². The van der Waals surface area contributed by atoms with Crippen molar-refractivity contribution in [2.24, 2.45) is 5.41 Å². The largest absolute Gasteiger partial charge is 0.511 e. The fraction of sp³-hybridized carbons (Fsp3) is 0.667. The molecule has 0 saturated carbocycles. The first-order chi connectivity index (χ1) is 7.52. The molecule has 0 aromatic heterocycles. The van der Waals surface area contributed by atoms with Crippen LogP contribution in [-0.4, -0.2) is 22.8 Å². The maximum Gasteiger partial charge on any atom is 0.352 e. The number of cyclic esters (lactones) is 2. The molecule has 1 saturated heterocycles. The van der Waals surface area contributed by atoms with E-state index in [0.29, 0.717) is 0 Å². The lowest BCUT2D eigenvalue weighted by Crippen LogP contribution is -2.42. The number of rotatable bonds is 1. The van der Waals surface area contributed by atoms with E-state index in [9.17, 15) is 14.7 Å². The number of aliphatic hydroxyl groups is 1. The molecule has 1 aliphatic heterocycles. The third kappa shape index (κ3) is 3.47. The first-order valence-corrected chi connectivity index (χ1v) is 5.41. The summed E-state index contributed by atoms with van der Waals surface area (Å²) in [5, 5.41) is 9.80. The minimum Gasteiger partial charge on any atom is -0.511 e. The zero-order valence-corrected chi connectivity index (χ0v) is 10.8. The van der Waals surface area contributed by atoms with E-state index < -0.39 is 23.3 Å². The highest BCUT2D eigenvalue weighted by Gasteiger charge is 2.41. The number of carbonyl (C=O) groups is 2. The van der Waals surface area contributed by atoms with Crippen LogP contribution in [0.3, 0.4) is 0 Å². The molecule has 0 unspecified atom stereocenters. The van der Waals surface area contributed by atoms with Crippen molar-refractivity contribution in [1.29, 1.82) is 0 Å². The lowest BCUT2D eigenvalue weighted by molar-refractivity contribution is -0.222. The quantitative estimate of drug-likeness (QED) is 0.330. The molecule has 1 aliphatic rings. The summed E-state index contributed by atoms with van der Waals surface area (Å²) in [4.78, 5) is 23.2. The molecule has 1 N–H and O–H groups in total. The lowest BCUT2D eigenvalue weighted by atomic mass is 9.90. The van der Waals surface area contributed by atoms with E-state index in [1.807, 2.05) is 20.8 Å². The summed E-state index contributed by atoms with van der Waals surface area (Å²) in [5.41, 5.74) is -0.649. The Hall–Kier alpha value is -1.52. The van der Waals surface area contributed by atoms with E-state index in [-0.39, 0.29) is 17.6 Å². The molecular weight excluding hydrogens is 224 g/mol. The molecule has 0 amide bonds. The molecular formula is C12H18O5. The standard InChI is InChI=1S/C12H18O5/c1-11(2,3)6-7(13)8-9(14)16-12(4,5)17-10(8)15/h13H,6H2,1-5H3. The van der Waals surface area contributed by atoms with E-state index in [1.165, 1.54) is 13.8 Å². The number of carbonyl (C=O) groups excluding carboxylic acids is 2. The molecule has 0 radical (unpaired) electrons. The predicted octanol–water partition coefficient (Wildman–Crippen LogP) is 2.07. The van der Waals surface area contributed by atoms with E-state index in [0.717, 1.165) is 0 Å². The van der Waals surface area contributed by atoms with Crippen molar-refractivity contribution in [3.05, 3.63) is 11.3 Å². The summed E-state index contributed by atoms with van der Waals surface area (Å²) in [6, 6.07) is 0. The Morgan fingerprint density at radius 1 is 1.18 bits per heavy atom. The van der Waals surface area contributed by atoms with E-state index >= 15 is 0 Å². The lowest BCUT2D eigenvalue weighted by Gasteiger charge is -2.30. The maximum atomic E-state index is 11.6. The Balaban J connectivity index is 3.02. The van der Waals surface area contributed by atoms with Crippen molar-refractivity contribution in [2.45, 2.75) is 46.8 Å². The van der Waals surface area contributed by atoms with Gasteiger partial charge < -0.3 is 14.6 Å². The zero-order chi connectivity index (χ0) is 13.4. The molecule has 5 nitrogen and oxygen atoms in total. The zero-order valence-electron chi connectivity index (χ0n) is 10.8. The van der Waals surface area contributed by atoms with Gasteiger partial charge >= 0.3 is 11.9 Å². The second-order valence-electron chi connectivity index (χ2n) is 5.74. The third-order valence-electron chi connectivity index (χ3n) is 2.07. The van der Waals surface area contributed by atoms with Crippen LogP contribution in [0.2, 0.25) is 0 Å². The van der Waals surface area contributed by atoms with Gasteiger partial charge in [0.15, 0.2) is 5.57 Å². The van der Waals surface area contributed by atoms with Crippen molar-refractivity contribution in [1.82, 2.24) is 0 Å². The molecule has 0 bridgehead atoms. The van der Waals surface area contributed by atoms with Crippen LogP contribution in [0.15, 0.2) is 11.3 Å². The highest BCUT2D eigenvalue weighted by atomic mass is 16.7. The molecule has 5 heteroatoms. The highest BCUT2D eigenvalue weighted by molar-refractivity contribution is 6.15. The van der Waals surface area contributed by atoms with Gasteiger partial charge in [0.05, 0.1) is 0 Å². The normalized spacial score (nSPS) is 19.7. The van der Waals surface area contributed by atoms with Crippen molar-refractivity contribution < 1.29 is 24.2 Å². The smallest absolute Gasteiger partial charge is 0.352 e. The van der Waals surface area contributed by atoms with Crippen LogP contribution >= 0.6 is 0 Å².